The molecule has 0 spiro atoms. The molecule has 76 valence electrons. The number of hydrogen-bond donors (Lipinski definition) is 4. The molecule has 2 aliphatic rings. The molecule has 5 atom stereocenters. The molecule has 0 unspecified atom stereocenters. The third-order valence-electron chi connectivity index (χ3n) is 2.57. The molecule has 0 saturated carbocycles. The number of aliphatic hydroxyl groups is 4. The first-order valence-corrected chi connectivity index (χ1v) is 4.07. The SMILES string of the molecule is OC[C@@]12OC[C@@H](O1)[C@H](O)[C@@H](O)[C@@H]2O. The fourth-order valence-electron chi connectivity index (χ4n) is 1.71. The lowest BCUT2D eigenvalue weighted by Crippen LogP contribution is -2.62. The summed E-state index contributed by atoms with van der Waals surface area (Å²) in [5, 5.41) is 37.1. The van der Waals surface area contributed by atoms with Gasteiger partial charge in [-0.15, -0.1) is 0 Å². The molecule has 13 heavy (non-hydrogen) atoms. The summed E-state index contributed by atoms with van der Waals surface area (Å²) in [4.78, 5) is 0. The van der Waals surface area contributed by atoms with Crippen LogP contribution < -0.4 is 0 Å². The van der Waals surface area contributed by atoms with Crippen LogP contribution in [0.5, 0.6) is 0 Å². The van der Waals surface area contributed by atoms with Crippen LogP contribution in [0.3, 0.4) is 0 Å². The van der Waals surface area contributed by atoms with Crippen LogP contribution >= 0.6 is 0 Å². The van der Waals surface area contributed by atoms with Crippen molar-refractivity contribution in [1.82, 2.24) is 0 Å². The van der Waals surface area contributed by atoms with E-state index in [1.807, 2.05) is 0 Å². The van der Waals surface area contributed by atoms with Gasteiger partial charge in [0, 0.05) is 0 Å². The van der Waals surface area contributed by atoms with Crippen molar-refractivity contribution in [3.63, 3.8) is 0 Å². The zero-order chi connectivity index (χ0) is 9.64. The molecule has 0 aromatic carbocycles. The molecule has 2 bridgehead atoms. The zero-order valence-corrected chi connectivity index (χ0v) is 6.83. The van der Waals surface area contributed by atoms with Crippen molar-refractivity contribution in [3.05, 3.63) is 0 Å². The number of aliphatic hydroxyl groups excluding tert-OH is 4. The van der Waals surface area contributed by atoms with Gasteiger partial charge in [-0.2, -0.15) is 0 Å². The van der Waals surface area contributed by atoms with Gasteiger partial charge in [0.15, 0.2) is 0 Å². The summed E-state index contributed by atoms with van der Waals surface area (Å²) >= 11 is 0. The van der Waals surface area contributed by atoms with E-state index in [0.717, 1.165) is 0 Å². The Morgan fingerprint density at radius 1 is 1.23 bits per heavy atom. The van der Waals surface area contributed by atoms with E-state index in [-0.39, 0.29) is 6.61 Å². The van der Waals surface area contributed by atoms with Crippen molar-refractivity contribution in [3.8, 4) is 0 Å². The Balaban J connectivity index is 2.25. The second-order valence-corrected chi connectivity index (χ2v) is 3.36. The standard InChI is InChI=1S/C7H12O6/c8-2-7-6(11)5(10)4(9)3(13-7)1-12-7/h3-6,8-11H,1-2H2/t3-,4+,5-,6+,7-/m1/s1. The monoisotopic (exact) mass is 192 g/mol. The summed E-state index contributed by atoms with van der Waals surface area (Å²) in [6.07, 6.45) is -4.61. The Bertz CT molecular complexity index is 209. The summed E-state index contributed by atoms with van der Waals surface area (Å²) in [6.45, 7) is -0.482. The number of hydrogen-bond acceptors (Lipinski definition) is 6. The lowest BCUT2D eigenvalue weighted by molar-refractivity contribution is -0.305. The average molecular weight is 192 g/mol. The minimum absolute atomic E-state index is 0.0653. The Labute approximate surface area is 74.3 Å². The highest BCUT2D eigenvalue weighted by Crippen LogP contribution is 2.36. The van der Waals surface area contributed by atoms with Gasteiger partial charge in [0.25, 0.3) is 0 Å². The molecule has 0 amide bonds. The van der Waals surface area contributed by atoms with Crippen molar-refractivity contribution < 1.29 is 29.9 Å². The molecule has 2 aliphatic heterocycles. The molecule has 0 aliphatic carbocycles. The van der Waals surface area contributed by atoms with Gasteiger partial charge in [0.1, 0.15) is 31.0 Å². The van der Waals surface area contributed by atoms with E-state index in [2.05, 4.69) is 0 Å². The van der Waals surface area contributed by atoms with Crippen LogP contribution in [0.4, 0.5) is 0 Å². The molecule has 0 aromatic rings. The first kappa shape index (κ1) is 9.32. The maximum absolute atomic E-state index is 9.47. The van der Waals surface area contributed by atoms with Gasteiger partial charge in [0.05, 0.1) is 6.61 Å². The average Bonchev–Trinajstić information content (AvgIpc) is 2.55. The van der Waals surface area contributed by atoms with Gasteiger partial charge < -0.3 is 29.9 Å². The smallest absolute Gasteiger partial charge is 0.221 e. The molecule has 2 heterocycles. The van der Waals surface area contributed by atoms with Crippen LogP contribution in [0.2, 0.25) is 0 Å². The van der Waals surface area contributed by atoms with Crippen molar-refractivity contribution >= 4 is 0 Å². The topological polar surface area (TPSA) is 99.4 Å². The zero-order valence-electron chi connectivity index (χ0n) is 6.83. The highest BCUT2D eigenvalue weighted by atomic mass is 16.8. The minimum atomic E-state index is -1.55. The molecule has 4 N–H and O–H groups in total. The van der Waals surface area contributed by atoms with Crippen molar-refractivity contribution in [1.29, 1.82) is 0 Å². The number of rotatable bonds is 1. The van der Waals surface area contributed by atoms with Crippen LogP contribution in [0.1, 0.15) is 0 Å². The van der Waals surface area contributed by atoms with Gasteiger partial charge in [-0.1, -0.05) is 0 Å². The second-order valence-electron chi connectivity index (χ2n) is 3.36. The number of fused-ring (bicyclic) bond motifs is 2. The fourth-order valence-corrected chi connectivity index (χ4v) is 1.71. The maximum atomic E-state index is 9.47. The van der Waals surface area contributed by atoms with Crippen molar-refractivity contribution in [2.75, 3.05) is 13.2 Å². The minimum Gasteiger partial charge on any atom is -0.391 e. The van der Waals surface area contributed by atoms with E-state index in [4.69, 9.17) is 14.6 Å². The van der Waals surface area contributed by atoms with E-state index >= 15 is 0 Å². The summed E-state index contributed by atoms with van der Waals surface area (Å²) in [7, 11) is 0. The Hall–Kier alpha value is -0.240. The van der Waals surface area contributed by atoms with E-state index in [1.54, 1.807) is 0 Å². The molecule has 2 rings (SSSR count). The van der Waals surface area contributed by atoms with Gasteiger partial charge in [-0.3, -0.25) is 0 Å². The third-order valence-corrected chi connectivity index (χ3v) is 2.57. The maximum Gasteiger partial charge on any atom is 0.221 e. The first-order chi connectivity index (χ1) is 6.10. The van der Waals surface area contributed by atoms with E-state index in [1.165, 1.54) is 0 Å². The molecule has 6 heteroatoms. The Morgan fingerprint density at radius 3 is 2.54 bits per heavy atom. The molecule has 6 nitrogen and oxygen atoms in total. The largest absolute Gasteiger partial charge is 0.391 e. The van der Waals surface area contributed by atoms with Gasteiger partial charge in [0.2, 0.25) is 5.79 Å². The van der Waals surface area contributed by atoms with E-state index in [0.29, 0.717) is 0 Å². The molecular weight excluding hydrogens is 180 g/mol. The molecule has 0 radical (unpaired) electrons. The van der Waals surface area contributed by atoms with Crippen LogP contribution in [0, 0.1) is 0 Å². The van der Waals surface area contributed by atoms with E-state index < -0.39 is 36.8 Å². The first-order valence-electron chi connectivity index (χ1n) is 4.07. The molecule has 0 aromatic heterocycles. The predicted octanol–water partition coefficient (Wildman–Crippen LogP) is -2.81. The highest BCUT2D eigenvalue weighted by Gasteiger charge is 2.58. The Kier molecular flexibility index (Phi) is 2.06. The van der Waals surface area contributed by atoms with Crippen LogP contribution in [0.25, 0.3) is 0 Å². The normalized spacial score (nSPS) is 55.4. The van der Waals surface area contributed by atoms with Gasteiger partial charge in [-0.25, -0.2) is 0 Å². The number of ether oxygens (including phenoxy) is 2. The van der Waals surface area contributed by atoms with Crippen molar-refractivity contribution in [2.45, 2.75) is 30.2 Å². The predicted molar refractivity (Wildman–Crippen MR) is 38.7 cm³/mol. The Morgan fingerprint density at radius 2 is 1.92 bits per heavy atom. The van der Waals surface area contributed by atoms with Crippen LogP contribution in [-0.2, 0) is 9.47 Å². The quantitative estimate of drug-likeness (QED) is 0.358. The molecular formula is C7H12O6. The molecule has 2 saturated heterocycles. The van der Waals surface area contributed by atoms with Crippen LogP contribution in [-0.4, -0.2) is 63.8 Å². The van der Waals surface area contributed by atoms with E-state index in [9.17, 15) is 15.3 Å². The summed E-state index contributed by atoms with van der Waals surface area (Å²) in [6, 6.07) is 0. The second kappa shape index (κ2) is 2.88. The lowest BCUT2D eigenvalue weighted by atomic mass is 9.95. The summed E-state index contributed by atoms with van der Waals surface area (Å²) in [5.74, 6) is -1.55. The van der Waals surface area contributed by atoms with Crippen molar-refractivity contribution in [2.24, 2.45) is 0 Å². The lowest BCUT2D eigenvalue weighted by Gasteiger charge is -2.39. The highest BCUT2D eigenvalue weighted by molar-refractivity contribution is 5.00. The molecule has 2 fully saturated rings. The summed E-state index contributed by atoms with van der Waals surface area (Å²) < 4.78 is 10.1. The third kappa shape index (κ3) is 1.11. The van der Waals surface area contributed by atoms with Gasteiger partial charge in [-0.05, 0) is 0 Å². The van der Waals surface area contributed by atoms with Crippen LogP contribution in [0.15, 0.2) is 0 Å². The van der Waals surface area contributed by atoms with Gasteiger partial charge >= 0.3 is 0 Å². The fraction of sp³-hybridized carbons (Fsp3) is 1.00. The summed E-state index contributed by atoms with van der Waals surface area (Å²) in [5.41, 5.74) is 0.